The van der Waals surface area contributed by atoms with Gasteiger partial charge in [0.15, 0.2) is 0 Å². The van der Waals surface area contributed by atoms with E-state index < -0.39 is 20.1 Å². The zero-order valence-electron chi connectivity index (χ0n) is 30.5. The van der Waals surface area contributed by atoms with Crippen LogP contribution in [0.15, 0.2) is 196 Å². The van der Waals surface area contributed by atoms with E-state index in [1.807, 2.05) is 0 Å². The second-order valence-corrected chi connectivity index (χ2v) is 22.1. The average Bonchev–Trinajstić information content (AvgIpc) is 3.58. The SMILES string of the molecule is CS1(C)c2cc(-c3ccccc3)ccc2-c2ccc(N(c3ccc(-c4ccc5ccccc5c4)cc3)c3cccc4c3-c3ccccc3S4(C)C)cc21. The van der Waals surface area contributed by atoms with E-state index in [1.165, 1.54) is 86.2 Å². The Morgan fingerprint density at radius 1 is 0.340 bits per heavy atom. The lowest BCUT2D eigenvalue weighted by atomic mass is 9.99. The standard InChI is InChI=1S/C50H41NS2/c1-52(2)46-19-11-10-17-44(46)50-45(18-12-20-47(50)52)51(40-26-23-36(24-27-40)38-22-21-35-15-8-9-16-37(35)31-38)41-28-30-43-42-29-25-39(34-13-6-5-7-14-34)32-48(42)53(3,4)49(43)33-41/h5-33H,1-4H3. The minimum absolute atomic E-state index is 1.16. The second-order valence-electron chi connectivity index (χ2n) is 15.0. The summed E-state index contributed by atoms with van der Waals surface area (Å²) in [6.45, 7) is 0. The van der Waals surface area contributed by atoms with E-state index in [2.05, 4.69) is 206 Å². The van der Waals surface area contributed by atoms with Crippen LogP contribution in [0.2, 0.25) is 0 Å². The molecule has 0 aromatic heterocycles. The zero-order valence-corrected chi connectivity index (χ0v) is 32.1. The van der Waals surface area contributed by atoms with E-state index in [-0.39, 0.29) is 0 Å². The van der Waals surface area contributed by atoms with Crippen LogP contribution < -0.4 is 4.90 Å². The number of benzene rings is 8. The average molecular weight is 720 g/mol. The topological polar surface area (TPSA) is 3.24 Å². The number of nitrogens with zero attached hydrogens (tertiary/aromatic N) is 1. The number of hydrogen-bond acceptors (Lipinski definition) is 1. The van der Waals surface area contributed by atoms with Gasteiger partial charge in [0.05, 0.1) is 5.69 Å². The first-order chi connectivity index (χ1) is 25.8. The molecule has 0 saturated heterocycles. The molecule has 10 rings (SSSR count). The molecule has 0 radical (unpaired) electrons. The second kappa shape index (κ2) is 12.0. The molecule has 0 spiro atoms. The largest absolute Gasteiger partial charge is 0.310 e. The van der Waals surface area contributed by atoms with Gasteiger partial charge in [-0.1, -0.05) is 121 Å². The van der Waals surface area contributed by atoms with Gasteiger partial charge in [-0.25, -0.2) is 0 Å². The van der Waals surface area contributed by atoms with Crippen molar-refractivity contribution in [2.24, 2.45) is 0 Å². The normalized spacial score (nSPS) is 15.5. The van der Waals surface area contributed by atoms with Gasteiger partial charge in [0.1, 0.15) is 0 Å². The molecule has 0 saturated carbocycles. The molecule has 0 bridgehead atoms. The molecule has 2 aliphatic heterocycles. The highest BCUT2D eigenvalue weighted by Crippen LogP contribution is 2.70. The Morgan fingerprint density at radius 2 is 0.906 bits per heavy atom. The molecule has 2 heterocycles. The highest BCUT2D eigenvalue weighted by molar-refractivity contribution is 8.33. The van der Waals surface area contributed by atoms with Crippen molar-refractivity contribution in [1.29, 1.82) is 0 Å². The summed E-state index contributed by atoms with van der Waals surface area (Å²) in [6, 6.07) is 65.8. The summed E-state index contributed by atoms with van der Waals surface area (Å²) in [7, 11) is -2.44. The molecule has 1 nitrogen and oxygen atoms in total. The van der Waals surface area contributed by atoms with Gasteiger partial charge in [-0.3, -0.25) is 0 Å². The first kappa shape index (κ1) is 32.2. The summed E-state index contributed by atoms with van der Waals surface area (Å²) >= 11 is 0. The van der Waals surface area contributed by atoms with Crippen molar-refractivity contribution in [3.8, 4) is 44.5 Å². The summed E-state index contributed by atoms with van der Waals surface area (Å²) in [4.78, 5) is 8.37. The fourth-order valence-corrected chi connectivity index (χ4v) is 13.7. The van der Waals surface area contributed by atoms with Crippen LogP contribution in [-0.2, 0) is 0 Å². The summed E-state index contributed by atoms with van der Waals surface area (Å²) in [5, 5.41) is 2.53. The first-order valence-electron chi connectivity index (χ1n) is 18.2. The molecule has 0 atom stereocenters. The van der Waals surface area contributed by atoms with Crippen LogP contribution in [0.3, 0.4) is 0 Å². The Labute approximate surface area is 316 Å². The van der Waals surface area contributed by atoms with Crippen LogP contribution in [-0.4, -0.2) is 25.0 Å². The smallest absolute Gasteiger partial charge is 0.0551 e. The van der Waals surface area contributed by atoms with Gasteiger partial charge in [-0.2, -0.15) is 20.1 Å². The summed E-state index contributed by atoms with van der Waals surface area (Å²) in [5.74, 6) is 0. The van der Waals surface area contributed by atoms with Crippen molar-refractivity contribution in [2.75, 3.05) is 29.9 Å². The molecule has 2 aliphatic rings. The molecule has 258 valence electrons. The van der Waals surface area contributed by atoms with Gasteiger partial charge in [0.25, 0.3) is 0 Å². The molecule has 0 amide bonds. The molecule has 3 heteroatoms. The van der Waals surface area contributed by atoms with E-state index in [4.69, 9.17) is 0 Å². The predicted octanol–water partition coefficient (Wildman–Crippen LogP) is 14.6. The minimum Gasteiger partial charge on any atom is -0.310 e. The van der Waals surface area contributed by atoms with Crippen LogP contribution in [0.1, 0.15) is 0 Å². The lowest BCUT2D eigenvalue weighted by Gasteiger charge is -2.32. The quantitative estimate of drug-likeness (QED) is 0.171. The molecule has 0 fully saturated rings. The van der Waals surface area contributed by atoms with Crippen LogP contribution in [0.25, 0.3) is 55.3 Å². The molecule has 8 aromatic rings. The van der Waals surface area contributed by atoms with E-state index in [0.29, 0.717) is 0 Å². The summed E-state index contributed by atoms with van der Waals surface area (Å²) < 4.78 is 0. The van der Waals surface area contributed by atoms with Gasteiger partial charge in [0, 0.05) is 36.5 Å². The Balaban J connectivity index is 1.14. The zero-order chi connectivity index (χ0) is 35.9. The molecule has 0 unspecified atom stereocenters. The summed E-state index contributed by atoms with van der Waals surface area (Å²) in [6.07, 6.45) is 9.85. The molecule has 0 N–H and O–H groups in total. The van der Waals surface area contributed by atoms with Gasteiger partial charge in [0.2, 0.25) is 0 Å². The van der Waals surface area contributed by atoms with E-state index in [1.54, 1.807) is 0 Å². The fraction of sp³-hybridized carbons (Fsp3) is 0.0800. The highest BCUT2D eigenvalue weighted by Gasteiger charge is 2.36. The fourth-order valence-electron chi connectivity index (χ4n) is 8.63. The first-order valence-corrected chi connectivity index (χ1v) is 23.1. The van der Waals surface area contributed by atoms with E-state index in [9.17, 15) is 0 Å². The lowest BCUT2D eigenvalue weighted by molar-refractivity contribution is 1.25. The number of rotatable bonds is 5. The summed E-state index contributed by atoms with van der Waals surface area (Å²) in [5.41, 5.74) is 14.1. The van der Waals surface area contributed by atoms with Gasteiger partial charge < -0.3 is 4.90 Å². The number of hydrogen-bond donors (Lipinski definition) is 0. The third-order valence-electron chi connectivity index (χ3n) is 11.4. The maximum absolute atomic E-state index is 2.52. The van der Waals surface area contributed by atoms with Crippen molar-refractivity contribution < 1.29 is 0 Å². The Morgan fingerprint density at radius 3 is 1.72 bits per heavy atom. The molecule has 53 heavy (non-hydrogen) atoms. The Kier molecular flexibility index (Phi) is 7.31. The van der Waals surface area contributed by atoms with Crippen LogP contribution in [0.5, 0.6) is 0 Å². The third-order valence-corrected chi connectivity index (χ3v) is 17.2. The molecular formula is C50H41NS2. The highest BCUT2D eigenvalue weighted by atomic mass is 32.3. The molecular weight excluding hydrogens is 679 g/mol. The van der Waals surface area contributed by atoms with Gasteiger partial charge >= 0.3 is 0 Å². The molecule has 0 aliphatic carbocycles. The predicted molar refractivity (Wildman–Crippen MR) is 232 cm³/mol. The maximum Gasteiger partial charge on any atom is 0.0551 e. The van der Waals surface area contributed by atoms with Crippen molar-refractivity contribution >= 4 is 47.9 Å². The minimum atomic E-state index is -1.28. The number of fused-ring (bicyclic) bond motifs is 7. The van der Waals surface area contributed by atoms with Gasteiger partial charge in [-0.05, 0) is 129 Å². The van der Waals surface area contributed by atoms with Crippen molar-refractivity contribution in [2.45, 2.75) is 19.6 Å². The van der Waals surface area contributed by atoms with E-state index in [0.717, 1.165) is 5.69 Å². The number of anilines is 3. The Bertz CT molecular complexity index is 2730. The Hall–Kier alpha value is -5.48. The third kappa shape index (κ3) is 5.02. The van der Waals surface area contributed by atoms with Crippen molar-refractivity contribution in [3.63, 3.8) is 0 Å². The van der Waals surface area contributed by atoms with Crippen LogP contribution in [0.4, 0.5) is 17.1 Å². The monoisotopic (exact) mass is 719 g/mol. The van der Waals surface area contributed by atoms with Crippen LogP contribution in [0, 0.1) is 0 Å². The van der Waals surface area contributed by atoms with Crippen LogP contribution >= 0.6 is 20.1 Å². The molecule has 8 aromatic carbocycles. The maximum atomic E-state index is 2.52. The van der Waals surface area contributed by atoms with Crippen molar-refractivity contribution in [1.82, 2.24) is 0 Å². The lowest BCUT2D eigenvalue weighted by Crippen LogP contribution is -2.12. The van der Waals surface area contributed by atoms with Crippen molar-refractivity contribution in [3.05, 3.63) is 176 Å². The van der Waals surface area contributed by atoms with E-state index >= 15 is 0 Å². The van der Waals surface area contributed by atoms with Gasteiger partial charge in [-0.15, -0.1) is 0 Å².